The van der Waals surface area contributed by atoms with Crippen LogP contribution in [-0.2, 0) is 18.9 Å². The van der Waals surface area contributed by atoms with Crippen molar-refractivity contribution in [3.05, 3.63) is 0 Å². The fourth-order valence-corrected chi connectivity index (χ4v) is 3.32. The van der Waals surface area contributed by atoms with Gasteiger partial charge >= 0.3 is 0 Å². The topological polar surface area (TPSA) is 179 Å². The van der Waals surface area contributed by atoms with Gasteiger partial charge < -0.3 is 54.7 Å². The van der Waals surface area contributed by atoms with Crippen molar-refractivity contribution in [2.45, 2.75) is 87.6 Å². The smallest absolute Gasteiger partial charge is 0.187 e. The summed E-state index contributed by atoms with van der Waals surface area (Å²) in [7, 11) is 0. The fourth-order valence-electron chi connectivity index (χ4n) is 3.32. The molecule has 0 aromatic carbocycles. The molecule has 2 fully saturated rings. The van der Waals surface area contributed by atoms with Crippen molar-refractivity contribution in [1.29, 1.82) is 0 Å². The Labute approximate surface area is 163 Å². The van der Waals surface area contributed by atoms with Gasteiger partial charge in [-0.3, -0.25) is 0 Å². The van der Waals surface area contributed by atoms with E-state index in [1.54, 1.807) is 0 Å². The largest absolute Gasteiger partial charge is 0.394 e. The average Bonchev–Trinajstić information content (AvgIpc) is 2.69. The van der Waals surface area contributed by atoms with Gasteiger partial charge in [-0.1, -0.05) is 19.8 Å². The molecule has 0 aromatic rings. The van der Waals surface area contributed by atoms with Crippen LogP contribution in [0.5, 0.6) is 0 Å². The molecule has 7 N–H and O–H groups in total. The summed E-state index contributed by atoms with van der Waals surface area (Å²) < 4.78 is 21.5. The highest BCUT2D eigenvalue weighted by Gasteiger charge is 2.50. The molecule has 2 saturated heterocycles. The summed E-state index contributed by atoms with van der Waals surface area (Å²) in [6, 6.07) is 0. The Balaban J connectivity index is 2.09. The third-order valence-electron chi connectivity index (χ3n) is 5.01. The number of hydrogen-bond acceptors (Lipinski definition) is 11. The van der Waals surface area contributed by atoms with Crippen molar-refractivity contribution in [2.24, 2.45) is 0 Å². The van der Waals surface area contributed by atoms with Gasteiger partial charge in [-0.05, 0) is 6.42 Å². The third kappa shape index (κ3) is 5.37. The van der Waals surface area contributed by atoms with Gasteiger partial charge in [0.1, 0.15) is 48.8 Å². The predicted molar refractivity (Wildman–Crippen MR) is 91.9 cm³/mol. The first-order valence-electron chi connectivity index (χ1n) is 9.55. The molecule has 0 aromatic heterocycles. The van der Waals surface area contributed by atoms with Crippen LogP contribution in [0, 0.1) is 0 Å². The molecule has 2 heterocycles. The maximum atomic E-state index is 10.5. The van der Waals surface area contributed by atoms with Crippen LogP contribution in [0.4, 0.5) is 0 Å². The minimum absolute atomic E-state index is 0.275. The van der Waals surface area contributed by atoms with Crippen LogP contribution in [0.2, 0.25) is 0 Å². The summed E-state index contributed by atoms with van der Waals surface area (Å²) in [5, 5.41) is 69.2. The molecule has 2 aliphatic rings. The number of rotatable bonds is 9. The second-order valence-corrected chi connectivity index (χ2v) is 7.08. The molecule has 11 heteroatoms. The van der Waals surface area contributed by atoms with Crippen LogP contribution in [0.3, 0.4) is 0 Å². The molecule has 0 amide bonds. The van der Waals surface area contributed by atoms with Crippen molar-refractivity contribution in [3.63, 3.8) is 0 Å². The number of aliphatic hydroxyl groups is 7. The lowest BCUT2D eigenvalue weighted by molar-refractivity contribution is -0.357. The predicted octanol–water partition coefficient (Wildman–Crippen LogP) is -3.18. The quantitative estimate of drug-likeness (QED) is 0.190. The van der Waals surface area contributed by atoms with Gasteiger partial charge in [-0.15, -0.1) is 0 Å². The van der Waals surface area contributed by atoms with E-state index >= 15 is 0 Å². The molecule has 0 spiro atoms. The number of hydrogen-bond donors (Lipinski definition) is 7. The maximum Gasteiger partial charge on any atom is 0.187 e. The zero-order valence-electron chi connectivity index (χ0n) is 15.8. The summed E-state index contributed by atoms with van der Waals surface area (Å²) in [5.74, 6) is 0. The Morgan fingerprint density at radius 3 is 2.04 bits per heavy atom. The molecule has 2 rings (SSSR count). The second-order valence-electron chi connectivity index (χ2n) is 7.08. The van der Waals surface area contributed by atoms with Crippen molar-refractivity contribution in [3.8, 4) is 0 Å². The van der Waals surface area contributed by atoms with Gasteiger partial charge in [-0.25, -0.2) is 0 Å². The molecule has 0 unspecified atom stereocenters. The zero-order chi connectivity index (χ0) is 20.8. The lowest BCUT2D eigenvalue weighted by Gasteiger charge is -2.46. The molecular formula is C17H32O11. The van der Waals surface area contributed by atoms with Crippen molar-refractivity contribution < 1.29 is 54.7 Å². The lowest BCUT2D eigenvalue weighted by Crippen LogP contribution is -2.64. The molecular weight excluding hydrogens is 380 g/mol. The van der Waals surface area contributed by atoms with Gasteiger partial charge in [0.2, 0.25) is 0 Å². The first kappa shape index (κ1) is 23.8. The summed E-state index contributed by atoms with van der Waals surface area (Å²) >= 11 is 0. The Kier molecular flexibility index (Phi) is 9.44. The van der Waals surface area contributed by atoms with Gasteiger partial charge in [0.25, 0.3) is 0 Å². The second kappa shape index (κ2) is 11.1. The van der Waals surface area contributed by atoms with Crippen LogP contribution < -0.4 is 0 Å². The van der Waals surface area contributed by atoms with Crippen LogP contribution in [0.25, 0.3) is 0 Å². The van der Waals surface area contributed by atoms with E-state index in [0.717, 1.165) is 12.8 Å². The van der Waals surface area contributed by atoms with E-state index in [1.807, 2.05) is 6.92 Å². The minimum atomic E-state index is -1.72. The number of ether oxygens (including phenoxy) is 4. The van der Waals surface area contributed by atoms with Crippen molar-refractivity contribution in [2.75, 3.05) is 19.8 Å². The molecule has 166 valence electrons. The highest BCUT2D eigenvalue weighted by molar-refractivity contribution is 4.94. The van der Waals surface area contributed by atoms with E-state index in [1.165, 1.54) is 0 Å². The molecule has 0 radical (unpaired) electrons. The molecule has 10 atom stereocenters. The van der Waals surface area contributed by atoms with E-state index in [0.29, 0.717) is 6.42 Å². The SMILES string of the molecule is CCCCCO[C@@H]1[C@@H](O)[C@@H](O[C@H]2[C@H](O)[C@@H](O)[C@H](O)O[C@@H]2CO)O[C@H](CO)[C@H]1O. The minimum Gasteiger partial charge on any atom is -0.394 e. The number of unbranched alkanes of at least 4 members (excludes halogenated alkanes) is 2. The summed E-state index contributed by atoms with van der Waals surface area (Å²) in [6.07, 6.45) is -11.5. The zero-order valence-corrected chi connectivity index (χ0v) is 15.8. The highest BCUT2D eigenvalue weighted by atomic mass is 16.7. The van der Waals surface area contributed by atoms with Gasteiger partial charge in [0, 0.05) is 6.61 Å². The van der Waals surface area contributed by atoms with E-state index in [-0.39, 0.29) is 6.61 Å². The van der Waals surface area contributed by atoms with Crippen LogP contribution >= 0.6 is 0 Å². The molecule has 2 aliphatic heterocycles. The molecule has 0 bridgehead atoms. The monoisotopic (exact) mass is 412 g/mol. The van der Waals surface area contributed by atoms with Crippen LogP contribution in [0.1, 0.15) is 26.2 Å². The van der Waals surface area contributed by atoms with Gasteiger partial charge in [-0.2, -0.15) is 0 Å². The maximum absolute atomic E-state index is 10.5. The first-order chi connectivity index (χ1) is 13.3. The van der Waals surface area contributed by atoms with Crippen LogP contribution in [0.15, 0.2) is 0 Å². The van der Waals surface area contributed by atoms with Gasteiger partial charge in [0.05, 0.1) is 13.2 Å². The molecule has 0 aliphatic carbocycles. The highest BCUT2D eigenvalue weighted by Crippen LogP contribution is 2.29. The summed E-state index contributed by atoms with van der Waals surface area (Å²) in [6.45, 7) is 1.08. The third-order valence-corrected chi connectivity index (χ3v) is 5.01. The molecule has 11 nitrogen and oxygen atoms in total. The number of aliphatic hydroxyl groups excluding tert-OH is 7. The fraction of sp³-hybridized carbons (Fsp3) is 1.00. The normalized spacial score (nSPS) is 44.6. The summed E-state index contributed by atoms with van der Waals surface area (Å²) in [4.78, 5) is 0. The van der Waals surface area contributed by atoms with E-state index in [4.69, 9.17) is 18.9 Å². The lowest BCUT2D eigenvalue weighted by atomic mass is 9.97. The summed E-state index contributed by atoms with van der Waals surface area (Å²) in [5.41, 5.74) is 0. The Morgan fingerprint density at radius 1 is 0.750 bits per heavy atom. The van der Waals surface area contributed by atoms with Crippen molar-refractivity contribution in [1.82, 2.24) is 0 Å². The van der Waals surface area contributed by atoms with Crippen LogP contribution in [-0.4, -0.2) is 117 Å². The van der Waals surface area contributed by atoms with Gasteiger partial charge in [0.15, 0.2) is 12.6 Å². The Bertz CT molecular complexity index is 451. The van der Waals surface area contributed by atoms with E-state index in [2.05, 4.69) is 0 Å². The van der Waals surface area contributed by atoms with E-state index < -0.39 is 74.6 Å². The molecule has 28 heavy (non-hydrogen) atoms. The Hall–Kier alpha value is -0.440. The van der Waals surface area contributed by atoms with Crippen molar-refractivity contribution >= 4 is 0 Å². The van der Waals surface area contributed by atoms with E-state index in [9.17, 15) is 35.7 Å². The first-order valence-corrected chi connectivity index (χ1v) is 9.55. The average molecular weight is 412 g/mol. The molecule has 0 saturated carbocycles. The Morgan fingerprint density at radius 2 is 1.43 bits per heavy atom. The standard InChI is InChI=1S/C17H32O11/c1-2-3-4-5-25-15-10(20)8(6-18)27-17(13(15)23)28-14-9(7-19)26-16(24)12(22)11(14)21/h8-24H,2-7H2,1H3/t8-,9-,10-,11-,12-,13-,14-,15+,16-,17-/m1/s1.